The second kappa shape index (κ2) is 6.21. The molecule has 2 N–H and O–H groups in total. The molecular weight excluding hydrogens is 247 g/mol. The van der Waals surface area contributed by atoms with Gasteiger partial charge in [-0.15, -0.1) is 0 Å². The molecule has 0 saturated heterocycles. The van der Waals surface area contributed by atoms with Gasteiger partial charge in [0.05, 0.1) is 5.41 Å². The van der Waals surface area contributed by atoms with Gasteiger partial charge in [0.25, 0.3) is 0 Å². The molecule has 1 aromatic carbocycles. The zero-order chi connectivity index (χ0) is 14.4. The predicted molar refractivity (Wildman–Crippen MR) is 59.6 cm³/mol. The first-order chi connectivity index (χ1) is 8.22. The van der Waals surface area contributed by atoms with Gasteiger partial charge in [0.15, 0.2) is 0 Å². The van der Waals surface area contributed by atoms with Gasteiger partial charge in [-0.3, -0.25) is 0 Å². The molecule has 100 valence electrons. The average Bonchev–Trinajstić information content (AvgIpc) is 2.28. The van der Waals surface area contributed by atoms with Crippen LogP contribution in [0.3, 0.4) is 0 Å². The number of anilines is 1. The molecule has 18 heavy (non-hydrogen) atoms. The van der Waals surface area contributed by atoms with Gasteiger partial charge >= 0.3 is 12.3 Å². The van der Waals surface area contributed by atoms with E-state index in [1.165, 1.54) is 38.1 Å². The SMILES string of the molecule is CCC(C)(c1ccc(N)cc1)C(F)(F)F.O=C=O. The largest absolute Gasteiger partial charge is 0.399 e. The Morgan fingerprint density at radius 2 is 1.56 bits per heavy atom. The topological polar surface area (TPSA) is 60.2 Å². The lowest BCUT2D eigenvalue weighted by Crippen LogP contribution is -2.38. The summed E-state index contributed by atoms with van der Waals surface area (Å²) in [5.41, 5.74) is 4.38. The first-order valence-electron chi connectivity index (χ1n) is 5.15. The summed E-state index contributed by atoms with van der Waals surface area (Å²) in [6.07, 6.45) is -3.97. The number of alkyl halides is 3. The summed E-state index contributed by atoms with van der Waals surface area (Å²) in [6, 6.07) is 5.86. The van der Waals surface area contributed by atoms with E-state index in [9.17, 15) is 13.2 Å². The fourth-order valence-electron chi connectivity index (χ4n) is 1.42. The number of hydrogen-bond acceptors (Lipinski definition) is 3. The van der Waals surface area contributed by atoms with Gasteiger partial charge in [-0.05, 0) is 31.0 Å². The molecule has 0 aliphatic heterocycles. The highest BCUT2D eigenvalue weighted by molar-refractivity contribution is 5.41. The number of carbonyl (C=O) groups excluding carboxylic acids is 2. The highest BCUT2D eigenvalue weighted by atomic mass is 19.4. The van der Waals surface area contributed by atoms with Gasteiger partial charge in [0.2, 0.25) is 0 Å². The molecule has 0 bridgehead atoms. The van der Waals surface area contributed by atoms with Gasteiger partial charge in [-0.1, -0.05) is 19.1 Å². The predicted octanol–water partition coefficient (Wildman–Crippen LogP) is 2.92. The molecule has 1 rings (SSSR count). The van der Waals surface area contributed by atoms with E-state index in [1.807, 2.05) is 0 Å². The highest BCUT2D eigenvalue weighted by Crippen LogP contribution is 2.43. The fourth-order valence-corrected chi connectivity index (χ4v) is 1.42. The summed E-state index contributed by atoms with van der Waals surface area (Å²) >= 11 is 0. The molecule has 6 heteroatoms. The third kappa shape index (κ3) is 3.60. The minimum atomic E-state index is -4.24. The van der Waals surface area contributed by atoms with Crippen LogP contribution in [0.15, 0.2) is 24.3 Å². The van der Waals surface area contributed by atoms with Crippen LogP contribution in [-0.2, 0) is 15.0 Å². The molecule has 1 aromatic rings. The Balaban J connectivity index is 0.000000873. The Morgan fingerprint density at radius 3 is 1.83 bits per heavy atom. The van der Waals surface area contributed by atoms with Crippen LogP contribution in [-0.4, -0.2) is 12.3 Å². The molecule has 1 atom stereocenters. The second-order valence-electron chi connectivity index (χ2n) is 3.89. The fraction of sp³-hybridized carbons (Fsp3) is 0.417. The third-order valence-electron chi connectivity index (χ3n) is 2.88. The molecule has 0 fully saturated rings. The summed E-state index contributed by atoms with van der Waals surface area (Å²) in [6.45, 7) is 2.74. The molecule has 0 aliphatic rings. The van der Waals surface area contributed by atoms with Crippen molar-refractivity contribution in [2.45, 2.75) is 31.9 Å². The summed E-state index contributed by atoms with van der Waals surface area (Å²) in [5, 5.41) is 0. The van der Waals surface area contributed by atoms with E-state index in [2.05, 4.69) is 0 Å². The Hall–Kier alpha value is -1.81. The first kappa shape index (κ1) is 16.2. The summed E-state index contributed by atoms with van der Waals surface area (Å²) in [5.74, 6) is 0. The lowest BCUT2D eigenvalue weighted by molar-refractivity contribution is -0.192. The van der Waals surface area contributed by atoms with Crippen LogP contribution in [0.5, 0.6) is 0 Å². The van der Waals surface area contributed by atoms with E-state index >= 15 is 0 Å². The maximum absolute atomic E-state index is 12.9. The average molecular weight is 261 g/mol. The number of nitrogens with two attached hydrogens (primary N) is 1. The Kier molecular flexibility index (Phi) is 5.59. The van der Waals surface area contributed by atoms with E-state index < -0.39 is 11.6 Å². The van der Waals surface area contributed by atoms with Gasteiger partial charge in [0, 0.05) is 5.69 Å². The van der Waals surface area contributed by atoms with E-state index in [4.69, 9.17) is 15.3 Å². The number of halogens is 3. The maximum Gasteiger partial charge on any atom is 0.398 e. The van der Waals surface area contributed by atoms with Crippen LogP contribution in [0.2, 0.25) is 0 Å². The quantitative estimate of drug-likeness (QED) is 0.833. The first-order valence-corrected chi connectivity index (χ1v) is 5.15. The minimum absolute atomic E-state index is 0.0143. The Labute approximate surface area is 103 Å². The van der Waals surface area contributed by atoms with Crippen molar-refractivity contribution in [1.82, 2.24) is 0 Å². The summed E-state index contributed by atoms with van der Waals surface area (Å²) < 4.78 is 38.6. The normalized spacial score (nSPS) is 13.8. The second-order valence-corrected chi connectivity index (χ2v) is 3.89. The Bertz CT molecular complexity index is 408. The molecule has 0 heterocycles. The zero-order valence-electron chi connectivity index (χ0n) is 10.0. The molecule has 0 saturated carbocycles. The van der Waals surface area contributed by atoms with E-state index in [0.717, 1.165) is 0 Å². The number of hydrogen-bond donors (Lipinski definition) is 1. The van der Waals surface area contributed by atoms with Crippen LogP contribution < -0.4 is 5.73 Å². The van der Waals surface area contributed by atoms with Crippen molar-refractivity contribution in [1.29, 1.82) is 0 Å². The maximum atomic E-state index is 12.9. The van der Waals surface area contributed by atoms with Gasteiger partial charge in [-0.2, -0.15) is 22.8 Å². The van der Waals surface area contributed by atoms with Crippen molar-refractivity contribution >= 4 is 11.8 Å². The molecule has 1 unspecified atom stereocenters. The standard InChI is InChI=1S/C11H14F3N.CO2/c1-3-10(2,11(12,13)14)8-4-6-9(15)7-5-8;2-1-3/h4-7H,3,15H2,1-2H3;. The molecule has 0 amide bonds. The zero-order valence-corrected chi connectivity index (χ0v) is 10.0. The molecule has 0 aliphatic carbocycles. The van der Waals surface area contributed by atoms with Crippen molar-refractivity contribution in [3.05, 3.63) is 29.8 Å². The highest BCUT2D eigenvalue weighted by Gasteiger charge is 2.50. The van der Waals surface area contributed by atoms with Crippen molar-refractivity contribution < 1.29 is 22.8 Å². The van der Waals surface area contributed by atoms with Crippen LogP contribution in [0, 0.1) is 0 Å². The van der Waals surface area contributed by atoms with Crippen LogP contribution in [0.4, 0.5) is 18.9 Å². The summed E-state index contributed by atoms with van der Waals surface area (Å²) in [7, 11) is 0. The van der Waals surface area contributed by atoms with E-state index in [1.54, 1.807) is 0 Å². The molecule has 3 nitrogen and oxygen atoms in total. The van der Waals surface area contributed by atoms with Crippen LogP contribution >= 0.6 is 0 Å². The van der Waals surface area contributed by atoms with Crippen molar-refractivity contribution in [2.75, 3.05) is 5.73 Å². The van der Waals surface area contributed by atoms with E-state index in [0.29, 0.717) is 5.69 Å². The van der Waals surface area contributed by atoms with Crippen molar-refractivity contribution in [2.24, 2.45) is 0 Å². The van der Waals surface area contributed by atoms with Crippen molar-refractivity contribution in [3.63, 3.8) is 0 Å². The van der Waals surface area contributed by atoms with Gasteiger partial charge in [-0.25, -0.2) is 0 Å². The minimum Gasteiger partial charge on any atom is -0.399 e. The number of benzene rings is 1. The molecule has 0 radical (unpaired) electrons. The lowest BCUT2D eigenvalue weighted by Gasteiger charge is -2.31. The number of nitrogen functional groups attached to an aromatic ring is 1. The number of rotatable bonds is 2. The van der Waals surface area contributed by atoms with Crippen molar-refractivity contribution in [3.8, 4) is 0 Å². The molecule has 0 spiro atoms. The smallest absolute Gasteiger partial charge is 0.398 e. The molecule has 0 aromatic heterocycles. The monoisotopic (exact) mass is 261 g/mol. The van der Waals surface area contributed by atoms with Gasteiger partial charge in [0.1, 0.15) is 0 Å². The Morgan fingerprint density at radius 1 is 1.17 bits per heavy atom. The van der Waals surface area contributed by atoms with E-state index in [-0.39, 0.29) is 18.1 Å². The third-order valence-corrected chi connectivity index (χ3v) is 2.88. The summed E-state index contributed by atoms with van der Waals surface area (Å²) in [4.78, 5) is 16.2. The van der Waals surface area contributed by atoms with Crippen LogP contribution in [0.1, 0.15) is 25.8 Å². The lowest BCUT2D eigenvalue weighted by atomic mass is 9.79. The van der Waals surface area contributed by atoms with Gasteiger partial charge < -0.3 is 5.73 Å². The molecular formula is C12H14F3NO2. The van der Waals surface area contributed by atoms with Crippen LogP contribution in [0.25, 0.3) is 0 Å².